The van der Waals surface area contributed by atoms with Crippen LogP contribution in [0.5, 0.6) is 5.75 Å². The van der Waals surface area contributed by atoms with E-state index in [1.165, 1.54) is 22.8 Å². The van der Waals surface area contributed by atoms with Crippen LogP contribution in [0.2, 0.25) is 0 Å². The van der Waals surface area contributed by atoms with Crippen LogP contribution in [0.4, 0.5) is 5.82 Å². The van der Waals surface area contributed by atoms with Crippen molar-refractivity contribution in [1.29, 1.82) is 0 Å². The van der Waals surface area contributed by atoms with Gasteiger partial charge < -0.3 is 9.64 Å². The second-order valence-corrected chi connectivity index (χ2v) is 10.4. The highest BCUT2D eigenvalue weighted by Crippen LogP contribution is 2.23. The zero-order chi connectivity index (χ0) is 22.0. The van der Waals surface area contributed by atoms with Crippen LogP contribution in [0.3, 0.4) is 0 Å². The van der Waals surface area contributed by atoms with Crippen LogP contribution in [0, 0.1) is 0 Å². The van der Waals surface area contributed by atoms with Gasteiger partial charge in [-0.15, -0.1) is 0 Å². The third kappa shape index (κ3) is 5.16. The molecule has 0 unspecified atom stereocenters. The molecule has 7 nitrogen and oxygen atoms in total. The van der Waals surface area contributed by atoms with Gasteiger partial charge in [0.2, 0.25) is 0 Å². The fourth-order valence-corrected chi connectivity index (χ4v) is 4.42. The van der Waals surface area contributed by atoms with Crippen molar-refractivity contribution in [2.24, 2.45) is 0 Å². The van der Waals surface area contributed by atoms with Crippen LogP contribution in [0.1, 0.15) is 12.8 Å². The Labute approximate surface area is 189 Å². The van der Waals surface area contributed by atoms with Gasteiger partial charge in [-0.25, -0.2) is 13.4 Å². The van der Waals surface area contributed by atoms with Crippen molar-refractivity contribution in [2.75, 3.05) is 24.2 Å². The maximum atomic E-state index is 12.6. The number of hydrogen-bond donors (Lipinski definition) is 0. The molecule has 0 amide bonds. The van der Waals surface area contributed by atoms with Gasteiger partial charge in [0.1, 0.15) is 17.7 Å². The van der Waals surface area contributed by atoms with E-state index < -0.39 is 9.84 Å². The van der Waals surface area contributed by atoms with Crippen LogP contribution in [-0.4, -0.2) is 43.4 Å². The minimum Gasteiger partial charge on any atom is -0.490 e. The number of benzene rings is 1. The van der Waals surface area contributed by atoms with Crippen LogP contribution in [0.25, 0.3) is 5.69 Å². The second-order valence-electron chi connectivity index (χ2n) is 7.48. The zero-order valence-electron chi connectivity index (χ0n) is 16.9. The molecule has 1 aliphatic rings. The highest BCUT2D eigenvalue weighted by molar-refractivity contribution is 9.10. The van der Waals surface area contributed by atoms with Gasteiger partial charge in [-0.05, 0) is 58.4 Å². The van der Waals surface area contributed by atoms with Gasteiger partial charge in [0.05, 0.1) is 4.90 Å². The number of rotatable bonds is 5. The second kappa shape index (κ2) is 8.84. The normalized spacial score (nSPS) is 15.1. The average molecular weight is 504 g/mol. The van der Waals surface area contributed by atoms with E-state index in [1.54, 1.807) is 30.6 Å². The summed E-state index contributed by atoms with van der Waals surface area (Å²) in [5, 5.41) is 0. The molecule has 4 rings (SSSR count). The molecule has 1 fully saturated rings. The lowest BCUT2D eigenvalue weighted by Gasteiger charge is -2.33. The first kappa shape index (κ1) is 21.6. The topological polar surface area (TPSA) is 81.5 Å². The summed E-state index contributed by atoms with van der Waals surface area (Å²) >= 11 is 3.40. The first-order valence-corrected chi connectivity index (χ1v) is 12.5. The molecule has 9 heteroatoms. The highest BCUT2D eigenvalue weighted by Gasteiger charge is 2.21. The summed E-state index contributed by atoms with van der Waals surface area (Å²) in [4.78, 5) is 19.5. The minimum absolute atomic E-state index is 0.0380. The number of anilines is 1. The van der Waals surface area contributed by atoms with E-state index in [4.69, 9.17) is 4.74 Å². The predicted octanol–water partition coefficient (Wildman–Crippen LogP) is 3.45. The summed E-state index contributed by atoms with van der Waals surface area (Å²) in [7, 11) is -3.28. The van der Waals surface area contributed by atoms with E-state index in [-0.39, 0.29) is 16.6 Å². The molecular formula is C22H22BrN3O4S. The first-order chi connectivity index (χ1) is 14.8. The van der Waals surface area contributed by atoms with Gasteiger partial charge in [0.15, 0.2) is 9.84 Å². The largest absolute Gasteiger partial charge is 0.490 e. The number of piperidine rings is 1. The lowest BCUT2D eigenvalue weighted by atomic mass is 10.1. The van der Waals surface area contributed by atoms with Gasteiger partial charge in [0, 0.05) is 60.8 Å². The molecule has 1 aliphatic heterocycles. The third-order valence-corrected chi connectivity index (χ3v) is 6.81. The smallest absolute Gasteiger partial charge is 0.258 e. The van der Waals surface area contributed by atoms with E-state index in [9.17, 15) is 13.2 Å². The van der Waals surface area contributed by atoms with Crippen LogP contribution in [-0.2, 0) is 9.84 Å². The number of aromatic nitrogens is 2. The van der Waals surface area contributed by atoms with Crippen LogP contribution >= 0.6 is 15.9 Å². The van der Waals surface area contributed by atoms with Crippen LogP contribution in [0.15, 0.2) is 75.1 Å². The molecular weight excluding hydrogens is 482 g/mol. The Bertz CT molecular complexity index is 1220. The van der Waals surface area contributed by atoms with Gasteiger partial charge in [0.25, 0.3) is 5.56 Å². The van der Waals surface area contributed by atoms with Crippen molar-refractivity contribution in [3.05, 3.63) is 75.8 Å². The molecule has 3 heterocycles. The molecule has 0 N–H and O–H groups in total. The number of halogens is 1. The summed E-state index contributed by atoms with van der Waals surface area (Å²) in [6.45, 7) is 1.67. The highest BCUT2D eigenvalue weighted by atomic mass is 79.9. The SMILES string of the molecule is CS(=O)(=O)c1ccc(-n2ccc(OC3CCN(c4ccc(Br)cn4)CC3)cc2=O)cc1. The van der Waals surface area contributed by atoms with Crippen molar-refractivity contribution in [1.82, 2.24) is 9.55 Å². The molecule has 0 bridgehead atoms. The summed E-state index contributed by atoms with van der Waals surface area (Å²) in [5.41, 5.74) is 0.361. The van der Waals surface area contributed by atoms with Crippen molar-refractivity contribution < 1.29 is 13.2 Å². The Morgan fingerprint density at radius 3 is 2.35 bits per heavy atom. The van der Waals surface area contributed by atoms with Crippen molar-refractivity contribution in [3.63, 3.8) is 0 Å². The van der Waals surface area contributed by atoms with E-state index >= 15 is 0 Å². The molecule has 0 radical (unpaired) electrons. The Morgan fingerprint density at radius 2 is 1.77 bits per heavy atom. The first-order valence-electron chi connectivity index (χ1n) is 9.86. The molecule has 0 spiro atoms. The van der Waals surface area contributed by atoms with Gasteiger partial charge in [-0.2, -0.15) is 0 Å². The Kier molecular flexibility index (Phi) is 6.15. The Hall–Kier alpha value is -2.65. The zero-order valence-corrected chi connectivity index (χ0v) is 19.3. The third-order valence-electron chi connectivity index (χ3n) is 5.21. The number of nitrogens with zero attached hydrogens (tertiary/aromatic N) is 3. The summed E-state index contributed by atoms with van der Waals surface area (Å²) in [6.07, 6.45) is 6.31. The molecule has 31 heavy (non-hydrogen) atoms. The van der Waals surface area contributed by atoms with Crippen molar-refractivity contribution in [3.8, 4) is 11.4 Å². The summed E-state index contributed by atoms with van der Waals surface area (Å²) in [5.74, 6) is 1.49. The predicted molar refractivity (Wildman–Crippen MR) is 123 cm³/mol. The van der Waals surface area contributed by atoms with E-state index in [1.807, 2.05) is 12.1 Å². The van der Waals surface area contributed by atoms with Crippen LogP contribution < -0.4 is 15.2 Å². The van der Waals surface area contributed by atoms with E-state index in [0.29, 0.717) is 11.4 Å². The standard InChI is InChI=1S/C22H22BrN3O4S/c1-31(28,29)20-5-3-17(4-6-20)26-13-10-19(14-22(26)27)30-18-8-11-25(12-9-18)21-7-2-16(23)15-24-21/h2-7,10,13-15,18H,8-9,11-12H2,1H3. The molecule has 0 atom stereocenters. The average Bonchev–Trinajstić information content (AvgIpc) is 2.75. The minimum atomic E-state index is -3.28. The number of hydrogen-bond acceptors (Lipinski definition) is 6. The number of pyridine rings is 2. The fourth-order valence-electron chi connectivity index (χ4n) is 3.55. The van der Waals surface area contributed by atoms with Crippen molar-refractivity contribution >= 4 is 31.6 Å². The molecule has 1 aromatic carbocycles. The maximum absolute atomic E-state index is 12.6. The molecule has 3 aromatic rings. The van der Waals surface area contributed by atoms with E-state index in [0.717, 1.165) is 42.5 Å². The Morgan fingerprint density at radius 1 is 1.06 bits per heavy atom. The molecule has 0 saturated carbocycles. The van der Waals surface area contributed by atoms with Crippen molar-refractivity contribution in [2.45, 2.75) is 23.8 Å². The summed E-state index contributed by atoms with van der Waals surface area (Å²) < 4.78 is 31.7. The monoisotopic (exact) mass is 503 g/mol. The number of sulfone groups is 1. The van der Waals surface area contributed by atoms with Gasteiger partial charge in [-0.1, -0.05) is 0 Å². The molecule has 0 aliphatic carbocycles. The quantitative estimate of drug-likeness (QED) is 0.530. The fraction of sp³-hybridized carbons (Fsp3) is 0.273. The lowest BCUT2D eigenvalue weighted by Crippen LogP contribution is -2.38. The summed E-state index contributed by atoms with van der Waals surface area (Å²) in [6, 6.07) is 13.4. The molecule has 2 aromatic heterocycles. The van der Waals surface area contributed by atoms with Gasteiger partial charge in [-0.3, -0.25) is 9.36 Å². The number of ether oxygens (including phenoxy) is 1. The van der Waals surface area contributed by atoms with Gasteiger partial charge >= 0.3 is 0 Å². The molecule has 162 valence electrons. The Balaban J connectivity index is 1.40. The van der Waals surface area contributed by atoms with E-state index in [2.05, 4.69) is 25.8 Å². The molecule has 1 saturated heterocycles. The lowest BCUT2D eigenvalue weighted by molar-refractivity contribution is 0.170. The maximum Gasteiger partial charge on any atom is 0.258 e.